The van der Waals surface area contributed by atoms with Crippen LogP contribution in [0.3, 0.4) is 0 Å². The zero-order valence-electron chi connectivity index (χ0n) is 4.55. The third-order valence-corrected chi connectivity index (χ3v) is 1.75. The van der Waals surface area contributed by atoms with E-state index in [1.807, 2.05) is 6.07 Å². The number of H-pyrrole nitrogens is 1. The molecule has 2 nitrogen and oxygen atoms in total. The molecule has 1 heterocycles. The van der Waals surface area contributed by atoms with Crippen molar-refractivity contribution in [2.75, 3.05) is 6.26 Å². The second kappa shape index (κ2) is 2.24. The first kappa shape index (κ1) is 5.72. The normalized spacial score (nSPS) is 13.8. The van der Waals surface area contributed by atoms with Crippen LogP contribution in [0.2, 0.25) is 0 Å². The Labute approximate surface area is 51.1 Å². The SMILES string of the molecule is C[S+]([O-])c1ccc[nH]1. The molecule has 0 saturated carbocycles. The molecule has 8 heavy (non-hydrogen) atoms. The van der Waals surface area contributed by atoms with Crippen LogP contribution in [0, 0.1) is 0 Å². The van der Waals surface area contributed by atoms with Crippen molar-refractivity contribution < 1.29 is 4.55 Å². The van der Waals surface area contributed by atoms with E-state index >= 15 is 0 Å². The summed E-state index contributed by atoms with van der Waals surface area (Å²) in [6.07, 6.45) is 3.41. The first-order chi connectivity index (χ1) is 3.80. The molecule has 0 aromatic carbocycles. The van der Waals surface area contributed by atoms with Crippen LogP contribution in [-0.4, -0.2) is 15.8 Å². The number of rotatable bonds is 1. The highest BCUT2D eigenvalue weighted by molar-refractivity contribution is 7.90. The van der Waals surface area contributed by atoms with E-state index in [9.17, 15) is 4.55 Å². The van der Waals surface area contributed by atoms with E-state index in [-0.39, 0.29) is 0 Å². The second-order valence-electron chi connectivity index (χ2n) is 1.49. The number of nitrogens with one attached hydrogen (secondary N) is 1. The van der Waals surface area contributed by atoms with Crippen LogP contribution in [0.15, 0.2) is 23.4 Å². The summed E-state index contributed by atoms with van der Waals surface area (Å²) >= 11 is -0.853. The highest BCUT2D eigenvalue weighted by Gasteiger charge is 2.00. The van der Waals surface area contributed by atoms with Gasteiger partial charge in [-0.2, -0.15) is 0 Å². The quantitative estimate of drug-likeness (QED) is 0.558. The number of hydrogen-bond acceptors (Lipinski definition) is 1. The van der Waals surface area contributed by atoms with Crippen molar-refractivity contribution >= 4 is 11.2 Å². The van der Waals surface area contributed by atoms with Gasteiger partial charge in [0.1, 0.15) is 6.26 Å². The summed E-state index contributed by atoms with van der Waals surface area (Å²) in [5.41, 5.74) is 0. The summed E-state index contributed by atoms with van der Waals surface area (Å²) in [5, 5.41) is 0.782. The van der Waals surface area contributed by atoms with Crippen molar-refractivity contribution in [1.82, 2.24) is 4.98 Å². The second-order valence-corrected chi connectivity index (χ2v) is 2.84. The molecule has 0 fully saturated rings. The number of hydrogen-bond donors (Lipinski definition) is 1. The van der Waals surface area contributed by atoms with E-state index in [0.717, 1.165) is 5.03 Å². The van der Waals surface area contributed by atoms with Gasteiger partial charge in [0.25, 0.3) is 0 Å². The fraction of sp³-hybridized carbons (Fsp3) is 0.200. The molecule has 0 spiro atoms. The molecule has 1 unspecified atom stereocenters. The van der Waals surface area contributed by atoms with Crippen LogP contribution in [0.1, 0.15) is 0 Å². The van der Waals surface area contributed by atoms with E-state index in [1.165, 1.54) is 0 Å². The molecule has 44 valence electrons. The first-order valence-corrected chi connectivity index (χ1v) is 3.83. The van der Waals surface area contributed by atoms with Gasteiger partial charge in [-0.3, -0.25) is 0 Å². The Bertz CT molecular complexity index is 147. The minimum absolute atomic E-state index is 0.782. The lowest BCUT2D eigenvalue weighted by Crippen LogP contribution is -1.95. The molecule has 0 amide bonds. The zero-order valence-corrected chi connectivity index (χ0v) is 5.37. The molecule has 3 heteroatoms. The zero-order chi connectivity index (χ0) is 5.98. The average molecular weight is 129 g/mol. The third-order valence-electron chi connectivity index (χ3n) is 0.879. The Morgan fingerprint density at radius 3 is 2.75 bits per heavy atom. The molecule has 1 atom stereocenters. The van der Waals surface area contributed by atoms with Crippen LogP contribution < -0.4 is 0 Å². The van der Waals surface area contributed by atoms with Crippen LogP contribution in [0.25, 0.3) is 0 Å². The summed E-state index contributed by atoms with van der Waals surface area (Å²) in [5.74, 6) is 0. The van der Waals surface area contributed by atoms with Crippen molar-refractivity contribution in [2.45, 2.75) is 5.03 Å². The molecule has 1 rings (SSSR count). The van der Waals surface area contributed by atoms with Crippen LogP contribution >= 0.6 is 0 Å². The van der Waals surface area contributed by atoms with Gasteiger partial charge in [-0.05, 0) is 17.2 Å². The summed E-state index contributed by atoms with van der Waals surface area (Å²) < 4.78 is 10.6. The Morgan fingerprint density at radius 2 is 2.50 bits per heavy atom. The van der Waals surface area contributed by atoms with Gasteiger partial charge in [0.15, 0.2) is 0 Å². The lowest BCUT2D eigenvalue weighted by Gasteiger charge is -1.97. The maximum atomic E-state index is 10.6. The summed E-state index contributed by atoms with van der Waals surface area (Å²) in [6, 6.07) is 3.63. The standard InChI is InChI=1S/C5H7NOS/c1-8(7)5-3-2-4-6-5/h2-4,6H,1H3. The highest BCUT2D eigenvalue weighted by atomic mass is 32.2. The predicted molar refractivity (Wildman–Crippen MR) is 33.1 cm³/mol. The van der Waals surface area contributed by atoms with Gasteiger partial charge in [-0.25, -0.2) is 0 Å². The smallest absolute Gasteiger partial charge is 0.222 e. The fourth-order valence-electron chi connectivity index (χ4n) is 0.493. The average Bonchev–Trinajstić information content (AvgIpc) is 2.12. The molecule has 0 aliphatic heterocycles. The number of aromatic nitrogens is 1. The lowest BCUT2D eigenvalue weighted by molar-refractivity contribution is 0.598. The molecule has 0 bridgehead atoms. The van der Waals surface area contributed by atoms with Crippen LogP contribution in [0.5, 0.6) is 0 Å². The van der Waals surface area contributed by atoms with Gasteiger partial charge in [0, 0.05) is 12.3 Å². The monoisotopic (exact) mass is 129 g/mol. The Hall–Kier alpha value is -0.410. The molecule has 0 saturated heterocycles. The lowest BCUT2D eigenvalue weighted by atomic mass is 10.7. The Kier molecular flexibility index (Phi) is 1.60. The fourth-order valence-corrected chi connectivity index (χ4v) is 0.997. The molecular formula is C5H7NOS. The maximum Gasteiger partial charge on any atom is 0.222 e. The van der Waals surface area contributed by atoms with Crippen molar-refractivity contribution in [1.29, 1.82) is 0 Å². The topological polar surface area (TPSA) is 38.8 Å². The van der Waals surface area contributed by atoms with Gasteiger partial charge in [0.2, 0.25) is 5.03 Å². The minimum Gasteiger partial charge on any atom is -0.610 e. The summed E-state index contributed by atoms with van der Waals surface area (Å²) in [6.45, 7) is 0. The molecule has 0 aliphatic carbocycles. The summed E-state index contributed by atoms with van der Waals surface area (Å²) in [4.78, 5) is 2.84. The van der Waals surface area contributed by atoms with Crippen LogP contribution in [0.4, 0.5) is 0 Å². The van der Waals surface area contributed by atoms with E-state index in [4.69, 9.17) is 0 Å². The third kappa shape index (κ3) is 1.05. The number of aromatic amines is 1. The molecule has 0 aliphatic rings. The van der Waals surface area contributed by atoms with Gasteiger partial charge < -0.3 is 9.54 Å². The summed E-state index contributed by atoms with van der Waals surface area (Å²) in [7, 11) is 0. The molecule has 1 aromatic heterocycles. The van der Waals surface area contributed by atoms with E-state index in [0.29, 0.717) is 0 Å². The van der Waals surface area contributed by atoms with Crippen molar-refractivity contribution in [3.05, 3.63) is 18.3 Å². The molecule has 0 radical (unpaired) electrons. The molecule has 1 N–H and O–H groups in total. The van der Waals surface area contributed by atoms with Crippen molar-refractivity contribution in [2.24, 2.45) is 0 Å². The van der Waals surface area contributed by atoms with Crippen LogP contribution in [-0.2, 0) is 11.2 Å². The predicted octanol–water partition coefficient (Wildman–Crippen LogP) is 0.752. The Morgan fingerprint density at radius 1 is 1.75 bits per heavy atom. The largest absolute Gasteiger partial charge is 0.610 e. The van der Waals surface area contributed by atoms with E-state index in [2.05, 4.69) is 4.98 Å². The van der Waals surface area contributed by atoms with E-state index in [1.54, 1.807) is 18.5 Å². The van der Waals surface area contributed by atoms with Gasteiger partial charge in [0.05, 0.1) is 0 Å². The molecular weight excluding hydrogens is 122 g/mol. The van der Waals surface area contributed by atoms with Gasteiger partial charge >= 0.3 is 0 Å². The minimum atomic E-state index is -0.853. The van der Waals surface area contributed by atoms with Crippen molar-refractivity contribution in [3.63, 3.8) is 0 Å². The Balaban J connectivity index is 2.77. The highest BCUT2D eigenvalue weighted by Crippen LogP contribution is 2.01. The first-order valence-electron chi connectivity index (χ1n) is 2.27. The maximum absolute atomic E-state index is 10.6. The van der Waals surface area contributed by atoms with Gasteiger partial charge in [-0.1, -0.05) is 0 Å². The van der Waals surface area contributed by atoms with Crippen molar-refractivity contribution in [3.8, 4) is 0 Å². The van der Waals surface area contributed by atoms with E-state index < -0.39 is 11.2 Å². The molecule has 1 aromatic rings. The van der Waals surface area contributed by atoms with Gasteiger partial charge in [-0.15, -0.1) is 0 Å².